The van der Waals surface area contributed by atoms with Gasteiger partial charge in [-0.15, -0.1) is 0 Å². The first kappa shape index (κ1) is 31.7. The number of hydrogen-bond donors (Lipinski definition) is 0. The SMILES string of the molecule is C=C/C(C)=C\Cc1cnc(C2=CC(=O)C(=C)CC(/C(C)=C\C(=C/C)N3CCC(=C)C(CCC)CC3)=N2)cc1C(=C)C. The van der Waals surface area contributed by atoms with Crippen LogP contribution in [0.4, 0.5) is 0 Å². The summed E-state index contributed by atoms with van der Waals surface area (Å²) in [5.74, 6) is 0.490. The van der Waals surface area contributed by atoms with Crippen molar-refractivity contribution >= 4 is 22.8 Å². The Morgan fingerprint density at radius 1 is 1.20 bits per heavy atom. The summed E-state index contributed by atoms with van der Waals surface area (Å²) in [5, 5.41) is 0. The van der Waals surface area contributed by atoms with Crippen LogP contribution < -0.4 is 0 Å². The zero-order valence-corrected chi connectivity index (χ0v) is 25.9. The molecule has 1 fully saturated rings. The summed E-state index contributed by atoms with van der Waals surface area (Å²) in [4.78, 5) is 25.2. The monoisotopic (exact) mass is 549 g/mol. The van der Waals surface area contributed by atoms with Gasteiger partial charge in [-0.3, -0.25) is 14.8 Å². The van der Waals surface area contributed by atoms with Crippen LogP contribution in [0.1, 0.15) is 83.5 Å². The second-order valence-corrected chi connectivity index (χ2v) is 11.3. The standard InChI is InChI=1S/C37H47N3O/c1-10-13-30-17-19-40(18-16-27(30)7)32(12-3)20-28(8)34-21-29(9)37(41)23-36(39-34)35-22-33(25(4)5)31(24-38-35)15-14-26(6)11-2/h11-12,14,20,22-24,30H,2,4,7,9-10,13,15-19,21H2,1,3,5-6,8H3/b26-14-,28-20-,32-12+. The lowest BCUT2D eigenvalue weighted by Gasteiger charge is -2.24. The van der Waals surface area contributed by atoms with Crippen molar-refractivity contribution in [3.05, 3.63) is 114 Å². The average Bonchev–Trinajstić information content (AvgIpc) is 3.23. The first-order chi connectivity index (χ1) is 19.6. The van der Waals surface area contributed by atoms with Crippen LogP contribution in [0.15, 0.2) is 102 Å². The molecule has 4 heteroatoms. The van der Waals surface area contributed by atoms with Crippen molar-refractivity contribution in [3.63, 3.8) is 0 Å². The van der Waals surface area contributed by atoms with Crippen LogP contribution in [0.3, 0.4) is 0 Å². The summed E-state index contributed by atoms with van der Waals surface area (Å²) in [5.41, 5.74) is 10.3. The van der Waals surface area contributed by atoms with Crippen LogP contribution in [0.5, 0.6) is 0 Å². The van der Waals surface area contributed by atoms with Crippen LogP contribution in [-0.2, 0) is 11.2 Å². The Labute approximate surface area is 248 Å². The molecule has 0 spiro atoms. The zero-order valence-electron chi connectivity index (χ0n) is 25.9. The predicted molar refractivity (Wildman–Crippen MR) is 177 cm³/mol. The lowest BCUT2D eigenvalue weighted by atomic mass is 9.91. The van der Waals surface area contributed by atoms with Crippen molar-refractivity contribution < 1.29 is 4.79 Å². The van der Waals surface area contributed by atoms with E-state index >= 15 is 0 Å². The highest BCUT2D eigenvalue weighted by molar-refractivity contribution is 6.17. The molecule has 1 aromatic heterocycles. The minimum Gasteiger partial charge on any atom is -0.371 e. The Morgan fingerprint density at radius 3 is 2.61 bits per heavy atom. The molecule has 3 heterocycles. The second kappa shape index (κ2) is 14.7. The third-order valence-corrected chi connectivity index (χ3v) is 8.07. The van der Waals surface area contributed by atoms with Crippen LogP contribution in [-0.4, -0.2) is 34.5 Å². The molecule has 4 nitrogen and oxygen atoms in total. The molecule has 0 amide bonds. The van der Waals surface area contributed by atoms with Gasteiger partial charge in [-0.05, 0) is 93.7 Å². The molecule has 0 aromatic carbocycles. The second-order valence-electron chi connectivity index (χ2n) is 11.3. The molecular weight excluding hydrogens is 502 g/mol. The molecule has 1 aromatic rings. The summed E-state index contributed by atoms with van der Waals surface area (Å²) in [6.45, 7) is 28.9. The van der Waals surface area contributed by atoms with E-state index in [1.807, 2.05) is 32.2 Å². The van der Waals surface area contributed by atoms with Crippen LogP contribution in [0.25, 0.3) is 11.3 Å². The number of allylic oxidation sites excluding steroid dienone is 9. The fourth-order valence-electron chi connectivity index (χ4n) is 5.36. The van der Waals surface area contributed by atoms with E-state index in [-0.39, 0.29) is 5.78 Å². The Balaban J connectivity index is 1.95. The number of rotatable bonds is 10. The van der Waals surface area contributed by atoms with Crippen molar-refractivity contribution in [1.82, 2.24) is 9.88 Å². The lowest BCUT2D eigenvalue weighted by molar-refractivity contribution is -0.111. The summed E-state index contributed by atoms with van der Waals surface area (Å²) in [6.07, 6.45) is 17.5. The largest absolute Gasteiger partial charge is 0.371 e. The van der Waals surface area contributed by atoms with Crippen molar-refractivity contribution in [3.8, 4) is 0 Å². The number of hydrogen-bond acceptors (Lipinski definition) is 4. The van der Waals surface area contributed by atoms with E-state index in [1.54, 1.807) is 6.08 Å². The van der Waals surface area contributed by atoms with E-state index in [0.29, 0.717) is 29.3 Å². The van der Waals surface area contributed by atoms with E-state index in [2.05, 4.69) is 70.2 Å². The topological polar surface area (TPSA) is 45.6 Å². The first-order valence-electron chi connectivity index (χ1n) is 14.8. The highest BCUT2D eigenvalue weighted by atomic mass is 16.1. The van der Waals surface area contributed by atoms with E-state index in [4.69, 9.17) is 9.98 Å². The molecule has 216 valence electrons. The Hall–Kier alpha value is -3.79. The first-order valence-corrected chi connectivity index (χ1v) is 14.8. The number of aliphatic imine (C=N–C) groups is 1. The van der Waals surface area contributed by atoms with Crippen LogP contribution in [0, 0.1) is 5.92 Å². The van der Waals surface area contributed by atoms with Crippen molar-refractivity contribution in [2.45, 2.75) is 73.1 Å². The van der Waals surface area contributed by atoms with Crippen LogP contribution in [0.2, 0.25) is 0 Å². The molecule has 2 aliphatic heterocycles. The summed E-state index contributed by atoms with van der Waals surface area (Å²) < 4.78 is 0. The highest BCUT2D eigenvalue weighted by Gasteiger charge is 2.22. The minimum absolute atomic E-state index is 0.113. The number of pyridine rings is 1. The third-order valence-electron chi connectivity index (χ3n) is 8.07. The van der Waals surface area contributed by atoms with Gasteiger partial charge < -0.3 is 4.90 Å². The normalized spacial score (nSPS) is 19.4. The Morgan fingerprint density at radius 2 is 1.95 bits per heavy atom. The molecule has 1 unspecified atom stereocenters. The molecule has 0 N–H and O–H groups in total. The maximum Gasteiger partial charge on any atom is 0.183 e. The van der Waals surface area contributed by atoms with Gasteiger partial charge in [0.25, 0.3) is 0 Å². The fraction of sp³-hybridized carbons (Fsp3) is 0.378. The van der Waals surface area contributed by atoms with Gasteiger partial charge in [-0.1, -0.05) is 74.6 Å². The highest BCUT2D eigenvalue weighted by Crippen LogP contribution is 2.30. The van der Waals surface area contributed by atoms with E-state index in [0.717, 1.165) is 65.9 Å². The number of ketones is 1. The molecule has 1 saturated heterocycles. The molecule has 0 radical (unpaired) electrons. The summed E-state index contributed by atoms with van der Waals surface area (Å²) >= 11 is 0. The molecule has 0 saturated carbocycles. The third kappa shape index (κ3) is 8.36. The number of carbonyl (C=O) groups excluding carboxylic acids is 1. The van der Waals surface area contributed by atoms with Gasteiger partial charge in [0, 0.05) is 43.2 Å². The molecule has 1 atom stereocenters. The van der Waals surface area contributed by atoms with Gasteiger partial charge in [0.1, 0.15) is 0 Å². The van der Waals surface area contributed by atoms with Crippen molar-refractivity contribution in [2.75, 3.05) is 13.1 Å². The molecule has 3 rings (SSSR count). The van der Waals surface area contributed by atoms with Gasteiger partial charge in [0.05, 0.1) is 11.4 Å². The van der Waals surface area contributed by atoms with Crippen molar-refractivity contribution in [2.24, 2.45) is 10.9 Å². The quantitative estimate of drug-likeness (QED) is 0.166. The predicted octanol–water partition coefficient (Wildman–Crippen LogP) is 9.02. The van der Waals surface area contributed by atoms with Crippen molar-refractivity contribution in [1.29, 1.82) is 0 Å². The minimum atomic E-state index is -0.113. The number of nitrogens with zero attached hydrogens (tertiary/aromatic N) is 3. The lowest BCUT2D eigenvalue weighted by Crippen LogP contribution is -2.24. The summed E-state index contributed by atoms with van der Waals surface area (Å²) in [7, 11) is 0. The molecule has 41 heavy (non-hydrogen) atoms. The molecule has 0 aliphatic carbocycles. The maximum atomic E-state index is 13.0. The van der Waals surface area contributed by atoms with Crippen LogP contribution >= 0.6 is 0 Å². The van der Waals surface area contributed by atoms with Gasteiger partial charge in [0.2, 0.25) is 0 Å². The molecule has 0 bridgehead atoms. The summed E-state index contributed by atoms with van der Waals surface area (Å²) in [6, 6.07) is 2.00. The molecular formula is C37H47N3O. The van der Waals surface area contributed by atoms with Gasteiger partial charge in [0.15, 0.2) is 5.78 Å². The average molecular weight is 550 g/mol. The van der Waals surface area contributed by atoms with Gasteiger partial charge >= 0.3 is 0 Å². The van der Waals surface area contributed by atoms with E-state index in [1.165, 1.54) is 24.1 Å². The van der Waals surface area contributed by atoms with Gasteiger partial charge in [-0.25, -0.2) is 0 Å². The number of aromatic nitrogens is 1. The Bertz CT molecular complexity index is 1380. The van der Waals surface area contributed by atoms with E-state index < -0.39 is 0 Å². The van der Waals surface area contributed by atoms with Gasteiger partial charge in [-0.2, -0.15) is 0 Å². The fourth-order valence-corrected chi connectivity index (χ4v) is 5.36. The zero-order chi connectivity index (χ0) is 30.1. The van der Waals surface area contributed by atoms with E-state index in [9.17, 15) is 4.79 Å². The smallest absolute Gasteiger partial charge is 0.183 e. The number of carbonyl (C=O) groups is 1. The molecule has 2 aliphatic rings. The maximum absolute atomic E-state index is 13.0. The number of likely N-dealkylation sites (tertiary alicyclic amines) is 1. The Kier molecular flexibility index (Phi) is 11.4.